The Bertz CT molecular complexity index is 1130. The van der Waals surface area contributed by atoms with E-state index in [0.717, 1.165) is 18.4 Å². The summed E-state index contributed by atoms with van der Waals surface area (Å²) in [6, 6.07) is 13.9. The first-order valence-corrected chi connectivity index (χ1v) is 10.8. The van der Waals surface area contributed by atoms with Gasteiger partial charge in [0.15, 0.2) is 11.5 Å². The predicted molar refractivity (Wildman–Crippen MR) is 103 cm³/mol. The highest BCUT2D eigenvalue weighted by molar-refractivity contribution is 7.89. The summed E-state index contributed by atoms with van der Waals surface area (Å²) in [5.74, 6) is 2.01. The van der Waals surface area contributed by atoms with Gasteiger partial charge in [-0.3, -0.25) is 0 Å². The van der Waals surface area contributed by atoms with Gasteiger partial charge in [0.05, 0.1) is 10.8 Å². The van der Waals surface area contributed by atoms with Gasteiger partial charge in [-0.15, -0.1) is 10.2 Å². The average Bonchev–Trinajstić information content (AvgIpc) is 3.43. The van der Waals surface area contributed by atoms with E-state index in [2.05, 4.69) is 10.2 Å². The lowest BCUT2D eigenvalue weighted by Crippen LogP contribution is -2.39. The standard InChI is InChI=1S/C20H19N3O5S/c24-29(25,16-6-2-1-3-7-16)23-10-4-5-15(12-23)20-22-21-19(28-20)14-8-9-17-18(11-14)27-13-26-17/h1-3,6-9,11,15H,4-5,10,12-13H2. The third-order valence-corrected chi connectivity index (χ3v) is 7.05. The summed E-state index contributed by atoms with van der Waals surface area (Å²) >= 11 is 0. The van der Waals surface area contributed by atoms with Gasteiger partial charge >= 0.3 is 0 Å². The van der Waals surface area contributed by atoms with E-state index in [4.69, 9.17) is 13.9 Å². The number of nitrogens with zero attached hydrogens (tertiary/aromatic N) is 3. The van der Waals surface area contributed by atoms with Crippen LogP contribution < -0.4 is 9.47 Å². The Morgan fingerprint density at radius 2 is 1.83 bits per heavy atom. The number of piperidine rings is 1. The molecule has 1 saturated heterocycles. The minimum atomic E-state index is -3.54. The Morgan fingerprint density at radius 1 is 1.00 bits per heavy atom. The number of hydrogen-bond donors (Lipinski definition) is 0. The fourth-order valence-electron chi connectivity index (χ4n) is 3.65. The summed E-state index contributed by atoms with van der Waals surface area (Å²) in [5, 5.41) is 8.34. The average molecular weight is 413 g/mol. The van der Waals surface area contributed by atoms with Crippen LogP contribution in [-0.2, 0) is 10.0 Å². The molecule has 0 N–H and O–H groups in total. The van der Waals surface area contributed by atoms with E-state index in [-0.39, 0.29) is 12.7 Å². The monoisotopic (exact) mass is 413 g/mol. The van der Waals surface area contributed by atoms with Crippen molar-refractivity contribution in [1.29, 1.82) is 0 Å². The summed E-state index contributed by atoms with van der Waals surface area (Å²) in [4.78, 5) is 0.298. The second kappa shape index (κ2) is 7.16. The van der Waals surface area contributed by atoms with Crippen molar-refractivity contribution in [2.24, 2.45) is 0 Å². The molecule has 29 heavy (non-hydrogen) atoms. The van der Waals surface area contributed by atoms with Crippen molar-refractivity contribution < 1.29 is 22.3 Å². The molecule has 8 nitrogen and oxygen atoms in total. The Labute approximate surface area is 168 Å². The number of rotatable bonds is 4. The molecule has 3 aromatic rings. The molecule has 1 unspecified atom stereocenters. The molecule has 5 rings (SSSR count). The normalized spacial score (nSPS) is 19.4. The van der Waals surface area contributed by atoms with Gasteiger partial charge in [0, 0.05) is 18.7 Å². The molecule has 2 aliphatic rings. The molecule has 0 saturated carbocycles. The number of hydrogen-bond acceptors (Lipinski definition) is 7. The van der Waals surface area contributed by atoms with Crippen molar-refractivity contribution in [2.75, 3.05) is 19.9 Å². The van der Waals surface area contributed by atoms with Crippen LogP contribution >= 0.6 is 0 Å². The Morgan fingerprint density at radius 3 is 2.69 bits per heavy atom. The molecule has 1 fully saturated rings. The van der Waals surface area contributed by atoms with Gasteiger partial charge in [0.1, 0.15) is 0 Å². The highest BCUT2D eigenvalue weighted by Crippen LogP contribution is 2.36. The lowest BCUT2D eigenvalue weighted by atomic mass is 10.00. The summed E-state index contributed by atoms with van der Waals surface area (Å²) in [6.07, 6.45) is 1.53. The molecule has 2 aliphatic heterocycles. The van der Waals surface area contributed by atoms with Gasteiger partial charge in [-0.25, -0.2) is 8.42 Å². The topological polar surface area (TPSA) is 94.8 Å². The minimum Gasteiger partial charge on any atom is -0.454 e. The maximum atomic E-state index is 12.9. The fraction of sp³-hybridized carbons (Fsp3) is 0.300. The zero-order chi connectivity index (χ0) is 19.8. The van der Waals surface area contributed by atoms with Crippen molar-refractivity contribution in [3.63, 3.8) is 0 Å². The molecule has 9 heteroatoms. The molecule has 1 aromatic heterocycles. The second-order valence-electron chi connectivity index (χ2n) is 7.03. The van der Waals surface area contributed by atoms with E-state index in [0.29, 0.717) is 41.3 Å². The SMILES string of the molecule is O=S(=O)(c1ccccc1)N1CCCC(c2nnc(-c3ccc4c(c3)OCO4)o2)C1. The number of fused-ring (bicyclic) bond motifs is 1. The van der Waals surface area contributed by atoms with Crippen LogP contribution in [0.25, 0.3) is 11.5 Å². The van der Waals surface area contributed by atoms with E-state index >= 15 is 0 Å². The van der Waals surface area contributed by atoms with Crippen molar-refractivity contribution in [3.05, 3.63) is 54.4 Å². The van der Waals surface area contributed by atoms with E-state index in [1.54, 1.807) is 42.5 Å². The van der Waals surface area contributed by atoms with Gasteiger partial charge < -0.3 is 13.9 Å². The van der Waals surface area contributed by atoms with Gasteiger partial charge in [-0.2, -0.15) is 4.31 Å². The number of sulfonamides is 1. The van der Waals surface area contributed by atoms with Crippen molar-refractivity contribution in [3.8, 4) is 23.0 Å². The summed E-state index contributed by atoms with van der Waals surface area (Å²) in [7, 11) is -3.54. The Kier molecular flexibility index (Phi) is 4.48. The zero-order valence-corrected chi connectivity index (χ0v) is 16.3. The van der Waals surface area contributed by atoms with Gasteiger partial charge in [0.2, 0.25) is 28.6 Å². The highest BCUT2D eigenvalue weighted by Gasteiger charge is 2.33. The van der Waals surface area contributed by atoms with Crippen LogP contribution in [0.15, 0.2) is 57.8 Å². The Hall–Kier alpha value is -2.91. The first-order chi connectivity index (χ1) is 14.1. The maximum absolute atomic E-state index is 12.9. The van der Waals surface area contributed by atoms with Crippen LogP contribution in [0.4, 0.5) is 0 Å². The molecule has 0 amide bonds. The van der Waals surface area contributed by atoms with Crippen LogP contribution in [0.2, 0.25) is 0 Å². The van der Waals surface area contributed by atoms with E-state index in [9.17, 15) is 8.42 Å². The molecular formula is C20H19N3O5S. The quantitative estimate of drug-likeness (QED) is 0.649. The fourth-order valence-corrected chi connectivity index (χ4v) is 5.19. The molecular weight excluding hydrogens is 394 g/mol. The van der Waals surface area contributed by atoms with Crippen LogP contribution in [0, 0.1) is 0 Å². The third-order valence-electron chi connectivity index (χ3n) is 5.17. The highest BCUT2D eigenvalue weighted by atomic mass is 32.2. The minimum absolute atomic E-state index is 0.141. The van der Waals surface area contributed by atoms with Gasteiger partial charge in [-0.05, 0) is 43.2 Å². The van der Waals surface area contributed by atoms with Crippen molar-refractivity contribution >= 4 is 10.0 Å². The number of aromatic nitrogens is 2. The smallest absolute Gasteiger partial charge is 0.247 e. The lowest BCUT2D eigenvalue weighted by Gasteiger charge is -2.30. The molecule has 1 atom stereocenters. The zero-order valence-electron chi connectivity index (χ0n) is 15.5. The molecule has 2 aromatic carbocycles. The van der Waals surface area contributed by atoms with Crippen molar-refractivity contribution in [1.82, 2.24) is 14.5 Å². The van der Waals surface area contributed by atoms with Crippen LogP contribution in [0.5, 0.6) is 11.5 Å². The second-order valence-corrected chi connectivity index (χ2v) is 8.97. The summed E-state index contributed by atoms with van der Waals surface area (Å²) in [5.41, 5.74) is 0.734. The van der Waals surface area contributed by atoms with Crippen molar-refractivity contribution in [2.45, 2.75) is 23.7 Å². The van der Waals surface area contributed by atoms with E-state index in [1.165, 1.54) is 4.31 Å². The Balaban J connectivity index is 1.37. The summed E-state index contributed by atoms with van der Waals surface area (Å²) < 4.78 is 44.0. The molecule has 150 valence electrons. The first kappa shape index (κ1) is 18.1. The largest absolute Gasteiger partial charge is 0.454 e. The molecule has 3 heterocycles. The van der Waals surface area contributed by atoms with E-state index < -0.39 is 10.0 Å². The predicted octanol–water partition coefficient (Wildman–Crippen LogP) is 3.03. The molecule has 0 radical (unpaired) electrons. The maximum Gasteiger partial charge on any atom is 0.247 e. The molecule has 0 aliphatic carbocycles. The van der Waals surface area contributed by atoms with Crippen LogP contribution in [0.3, 0.4) is 0 Å². The first-order valence-electron chi connectivity index (χ1n) is 9.40. The molecule has 0 bridgehead atoms. The lowest BCUT2D eigenvalue weighted by molar-refractivity contribution is 0.174. The van der Waals surface area contributed by atoms with Crippen LogP contribution in [0.1, 0.15) is 24.7 Å². The summed E-state index contributed by atoms with van der Waals surface area (Å²) in [6.45, 7) is 0.999. The van der Waals surface area contributed by atoms with Gasteiger partial charge in [-0.1, -0.05) is 18.2 Å². The molecule has 0 spiro atoms. The third kappa shape index (κ3) is 3.36. The van der Waals surface area contributed by atoms with Gasteiger partial charge in [0.25, 0.3) is 0 Å². The van der Waals surface area contributed by atoms with Crippen LogP contribution in [-0.4, -0.2) is 42.8 Å². The number of benzene rings is 2. The number of ether oxygens (including phenoxy) is 2. The van der Waals surface area contributed by atoms with E-state index in [1.807, 2.05) is 6.07 Å².